The quantitative estimate of drug-likeness (QED) is 0.899. The smallest absolute Gasteiger partial charge is 0.220 e. The zero-order chi connectivity index (χ0) is 15.8. The van der Waals surface area contributed by atoms with Gasteiger partial charge in [-0.1, -0.05) is 6.92 Å². The summed E-state index contributed by atoms with van der Waals surface area (Å²) in [6.45, 7) is 9.63. The second-order valence-electron chi connectivity index (χ2n) is 6.47. The fourth-order valence-corrected chi connectivity index (χ4v) is 2.81. The Kier molecular flexibility index (Phi) is 4.28. The highest BCUT2D eigenvalue weighted by Crippen LogP contribution is 2.42. The van der Waals surface area contributed by atoms with Crippen LogP contribution in [0.25, 0.3) is 0 Å². The number of hydrogen-bond acceptors (Lipinski definition) is 3. The maximum atomic E-state index is 11.8. The summed E-state index contributed by atoms with van der Waals surface area (Å²) in [4.78, 5) is 11.8. The minimum absolute atomic E-state index is 0.0313. The number of fused-ring (bicyclic) bond motifs is 1. The molecule has 4 nitrogen and oxygen atoms in total. The molecule has 0 bridgehead atoms. The maximum absolute atomic E-state index is 11.8. The number of rotatable bonds is 3. The fourth-order valence-electron chi connectivity index (χ4n) is 2.81. The van der Waals surface area contributed by atoms with Crippen molar-refractivity contribution in [3.8, 4) is 5.75 Å². The van der Waals surface area contributed by atoms with E-state index in [1.54, 1.807) is 6.92 Å². The number of aliphatic hydroxyl groups excluding tert-OH is 1. The zero-order valence-corrected chi connectivity index (χ0v) is 13.5. The van der Waals surface area contributed by atoms with E-state index in [1.165, 1.54) is 0 Å². The summed E-state index contributed by atoms with van der Waals surface area (Å²) in [7, 11) is 0. The molecule has 2 rings (SSSR count). The molecule has 1 amide bonds. The van der Waals surface area contributed by atoms with Crippen LogP contribution in [-0.2, 0) is 4.79 Å². The Bertz CT molecular complexity index is 549. The maximum Gasteiger partial charge on any atom is 0.220 e. The molecule has 0 aromatic heterocycles. The molecule has 2 atom stereocenters. The van der Waals surface area contributed by atoms with E-state index in [9.17, 15) is 9.90 Å². The molecule has 2 unspecified atom stereocenters. The molecule has 4 heteroatoms. The number of amides is 1. The highest BCUT2D eigenvalue weighted by molar-refractivity contribution is 5.76. The Morgan fingerprint density at radius 1 is 1.52 bits per heavy atom. The average molecular weight is 291 g/mol. The first kappa shape index (κ1) is 15.8. The van der Waals surface area contributed by atoms with E-state index < -0.39 is 6.10 Å². The Morgan fingerprint density at radius 3 is 2.76 bits per heavy atom. The summed E-state index contributed by atoms with van der Waals surface area (Å²) in [5.74, 6) is 0.862. The van der Waals surface area contributed by atoms with Crippen LogP contribution in [0.4, 0.5) is 0 Å². The van der Waals surface area contributed by atoms with Gasteiger partial charge in [-0.2, -0.15) is 0 Å². The Hall–Kier alpha value is -1.55. The van der Waals surface area contributed by atoms with E-state index in [0.29, 0.717) is 12.8 Å². The van der Waals surface area contributed by atoms with Crippen LogP contribution in [0, 0.1) is 6.92 Å². The number of carbonyl (C=O) groups excluding carboxylic acids is 1. The summed E-state index contributed by atoms with van der Waals surface area (Å²) in [6.07, 6.45) is 0.642. The average Bonchev–Trinajstić information content (AvgIpc) is 2.38. The lowest BCUT2D eigenvalue weighted by molar-refractivity contribution is -0.122. The SMILES string of the molecule is CCC(=O)NC1CC(C)(C)Oc2c(C)cc(C(C)O)cc21. The van der Waals surface area contributed by atoms with E-state index in [4.69, 9.17) is 4.74 Å². The Balaban J connectivity index is 2.48. The molecule has 0 saturated heterocycles. The van der Waals surface area contributed by atoms with Gasteiger partial charge in [0.1, 0.15) is 11.4 Å². The van der Waals surface area contributed by atoms with Crippen molar-refractivity contribution in [2.45, 2.75) is 65.2 Å². The summed E-state index contributed by atoms with van der Waals surface area (Å²) in [5, 5.41) is 12.9. The van der Waals surface area contributed by atoms with Crippen LogP contribution in [0.1, 0.15) is 69.4 Å². The molecule has 1 aromatic carbocycles. The zero-order valence-electron chi connectivity index (χ0n) is 13.5. The molecule has 1 aliphatic heterocycles. The van der Waals surface area contributed by atoms with Crippen molar-refractivity contribution in [2.24, 2.45) is 0 Å². The number of benzene rings is 1. The van der Waals surface area contributed by atoms with Crippen LogP contribution in [0.5, 0.6) is 5.75 Å². The van der Waals surface area contributed by atoms with Crippen molar-refractivity contribution in [1.82, 2.24) is 5.32 Å². The van der Waals surface area contributed by atoms with Gasteiger partial charge in [0.05, 0.1) is 12.1 Å². The topological polar surface area (TPSA) is 58.6 Å². The lowest BCUT2D eigenvalue weighted by Crippen LogP contribution is -2.41. The minimum atomic E-state index is -0.536. The summed E-state index contributed by atoms with van der Waals surface area (Å²) in [6, 6.07) is 3.82. The number of nitrogens with one attached hydrogen (secondary N) is 1. The second kappa shape index (κ2) is 5.68. The molecule has 1 aliphatic rings. The van der Waals surface area contributed by atoms with Gasteiger partial charge in [-0.3, -0.25) is 4.79 Å². The fraction of sp³-hybridized carbons (Fsp3) is 0.588. The highest BCUT2D eigenvalue weighted by atomic mass is 16.5. The lowest BCUT2D eigenvalue weighted by atomic mass is 9.87. The number of ether oxygens (including phenoxy) is 1. The first-order valence-electron chi connectivity index (χ1n) is 7.54. The van der Waals surface area contributed by atoms with E-state index in [0.717, 1.165) is 22.4 Å². The molecule has 0 saturated carbocycles. The summed E-state index contributed by atoms with van der Waals surface area (Å²) >= 11 is 0. The van der Waals surface area contributed by atoms with E-state index in [-0.39, 0.29) is 17.6 Å². The largest absolute Gasteiger partial charge is 0.487 e. The van der Waals surface area contributed by atoms with Crippen molar-refractivity contribution in [1.29, 1.82) is 0 Å². The standard InChI is InChI=1S/C17H25NO3/c1-6-15(20)18-14-9-17(4,5)21-16-10(2)7-12(11(3)19)8-13(14)16/h7-8,11,14,19H,6,9H2,1-5H3,(H,18,20). The molecule has 0 spiro atoms. The van der Waals surface area contributed by atoms with Crippen LogP contribution in [0.3, 0.4) is 0 Å². The second-order valence-corrected chi connectivity index (χ2v) is 6.47. The molecule has 0 fully saturated rings. The predicted octanol–water partition coefficient (Wildman–Crippen LogP) is 3.18. The number of aliphatic hydroxyl groups is 1. The van der Waals surface area contributed by atoms with E-state index in [2.05, 4.69) is 5.32 Å². The van der Waals surface area contributed by atoms with Gasteiger partial charge in [0.25, 0.3) is 0 Å². The summed E-state index contributed by atoms with van der Waals surface area (Å²) < 4.78 is 6.10. The number of hydrogen-bond donors (Lipinski definition) is 2. The van der Waals surface area contributed by atoms with Gasteiger partial charge >= 0.3 is 0 Å². The molecular formula is C17H25NO3. The monoisotopic (exact) mass is 291 g/mol. The van der Waals surface area contributed by atoms with Gasteiger partial charge in [-0.15, -0.1) is 0 Å². The Labute approximate surface area is 126 Å². The molecule has 0 radical (unpaired) electrons. The Morgan fingerprint density at radius 2 is 2.19 bits per heavy atom. The molecule has 0 aliphatic carbocycles. The van der Waals surface area contributed by atoms with Crippen LogP contribution in [0.15, 0.2) is 12.1 Å². The van der Waals surface area contributed by atoms with Crippen LogP contribution >= 0.6 is 0 Å². The van der Waals surface area contributed by atoms with Crippen LogP contribution in [-0.4, -0.2) is 16.6 Å². The molecule has 21 heavy (non-hydrogen) atoms. The van der Waals surface area contributed by atoms with Crippen molar-refractivity contribution >= 4 is 5.91 Å². The normalized spacial score (nSPS) is 21.1. The van der Waals surface area contributed by atoms with Crippen molar-refractivity contribution in [3.63, 3.8) is 0 Å². The molecular weight excluding hydrogens is 266 g/mol. The van der Waals surface area contributed by atoms with Crippen LogP contribution < -0.4 is 10.1 Å². The van der Waals surface area contributed by atoms with E-state index in [1.807, 2.05) is 39.8 Å². The van der Waals surface area contributed by atoms with Crippen molar-refractivity contribution < 1.29 is 14.6 Å². The van der Waals surface area contributed by atoms with Gasteiger partial charge in [-0.05, 0) is 51.0 Å². The predicted molar refractivity (Wildman–Crippen MR) is 82.3 cm³/mol. The minimum Gasteiger partial charge on any atom is -0.487 e. The van der Waals surface area contributed by atoms with Crippen molar-refractivity contribution in [2.75, 3.05) is 0 Å². The number of carbonyl (C=O) groups is 1. The third-order valence-electron chi connectivity index (χ3n) is 3.91. The van der Waals surface area contributed by atoms with Gasteiger partial charge in [-0.25, -0.2) is 0 Å². The third kappa shape index (κ3) is 3.38. The van der Waals surface area contributed by atoms with Gasteiger partial charge in [0, 0.05) is 18.4 Å². The number of aryl methyl sites for hydroxylation is 1. The van der Waals surface area contributed by atoms with Crippen LogP contribution in [0.2, 0.25) is 0 Å². The highest BCUT2D eigenvalue weighted by Gasteiger charge is 2.35. The lowest BCUT2D eigenvalue weighted by Gasteiger charge is -2.39. The molecule has 2 N–H and O–H groups in total. The van der Waals surface area contributed by atoms with Gasteiger partial charge in [0.15, 0.2) is 0 Å². The molecule has 1 heterocycles. The summed E-state index contributed by atoms with van der Waals surface area (Å²) in [5.41, 5.74) is 2.49. The van der Waals surface area contributed by atoms with E-state index >= 15 is 0 Å². The van der Waals surface area contributed by atoms with Crippen molar-refractivity contribution in [3.05, 3.63) is 28.8 Å². The molecule has 1 aromatic rings. The first-order chi connectivity index (χ1) is 9.73. The third-order valence-corrected chi connectivity index (χ3v) is 3.91. The van der Waals surface area contributed by atoms with Gasteiger partial charge in [0.2, 0.25) is 5.91 Å². The first-order valence-corrected chi connectivity index (χ1v) is 7.54. The molecule has 116 valence electrons. The van der Waals surface area contributed by atoms with Gasteiger partial charge < -0.3 is 15.2 Å².